The van der Waals surface area contributed by atoms with Crippen molar-refractivity contribution in [3.05, 3.63) is 23.8 Å². The normalized spacial score (nSPS) is 23.4. The zero-order chi connectivity index (χ0) is 14.8. The molecule has 1 atom stereocenters. The minimum absolute atomic E-state index is 0.112. The number of anilines is 1. The molecule has 0 bridgehead atoms. The number of benzene rings is 1. The predicted octanol–water partition coefficient (Wildman–Crippen LogP) is 2.43. The van der Waals surface area contributed by atoms with E-state index in [9.17, 15) is 5.11 Å². The first kappa shape index (κ1) is 15.2. The fourth-order valence-corrected chi connectivity index (χ4v) is 3.36. The summed E-state index contributed by atoms with van der Waals surface area (Å²) in [5, 5.41) is 18.1. The highest BCUT2D eigenvalue weighted by molar-refractivity contribution is 7.98. The molecule has 1 fully saturated rings. The van der Waals surface area contributed by atoms with Gasteiger partial charge in [-0.2, -0.15) is 0 Å². The van der Waals surface area contributed by atoms with Crippen LogP contribution < -0.4 is 10.6 Å². The molecule has 0 aromatic heterocycles. The Bertz CT molecular complexity index is 502. The molecule has 5 heteroatoms. The Morgan fingerprint density at radius 2 is 2.15 bits per heavy atom. The summed E-state index contributed by atoms with van der Waals surface area (Å²) in [6.07, 6.45) is 4.52. The van der Waals surface area contributed by atoms with Gasteiger partial charge in [0, 0.05) is 23.7 Å². The Morgan fingerprint density at radius 1 is 1.40 bits per heavy atom. The van der Waals surface area contributed by atoms with Crippen LogP contribution >= 0.6 is 11.8 Å². The Morgan fingerprint density at radius 3 is 2.80 bits per heavy atom. The summed E-state index contributed by atoms with van der Waals surface area (Å²) >= 11 is 1.61. The molecular formula is C15H23N3OS. The number of aliphatic hydroxyl groups is 1. The monoisotopic (exact) mass is 293 g/mol. The molecule has 20 heavy (non-hydrogen) atoms. The molecule has 1 aliphatic heterocycles. The zero-order valence-corrected chi connectivity index (χ0v) is 13.0. The van der Waals surface area contributed by atoms with Gasteiger partial charge in [-0.3, -0.25) is 5.41 Å². The van der Waals surface area contributed by atoms with Gasteiger partial charge < -0.3 is 15.7 Å². The average molecular weight is 293 g/mol. The number of hydrogen-bond donors (Lipinski definition) is 3. The van der Waals surface area contributed by atoms with E-state index in [1.165, 1.54) is 0 Å². The number of nitrogens with one attached hydrogen (secondary N) is 1. The SMILES string of the molecule is CSc1cccc(N2CCCC(C)(O)CC2)c1C(=N)N. The number of nitrogens with zero attached hydrogens (tertiary/aromatic N) is 1. The largest absolute Gasteiger partial charge is 0.390 e. The number of thioether (sulfide) groups is 1. The highest BCUT2D eigenvalue weighted by Gasteiger charge is 2.26. The summed E-state index contributed by atoms with van der Waals surface area (Å²) < 4.78 is 0. The van der Waals surface area contributed by atoms with Crippen LogP contribution in [-0.2, 0) is 0 Å². The molecule has 1 aliphatic rings. The smallest absolute Gasteiger partial charge is 0.126 e. The van der Waals surface area contributed by atoms with E-state index in [1.807, 2.05) is 31.4 Å². The summed E-state index contributed by atoms with van der Waals surface area (Å²) in [7, 11) is 0. The van der Waals surface area contributed by atoms with Crippen molar-refractivity contribution < 1.29 is 5.11 Å². The van der Waals surface area contributed by atoms with Gasteiger partial charge in [0.2, 0.25) is 0 Å². The molecule has 0 saturated carbocycles. The molecule has 0 spiro atoms. The van der Waals surface area contributed by atoms with Crippen LogP contribution in [-0.4, -0.2) is 35.9 Å². The molecule has 1 saturated heterocycles. The minimum Gasteiger partial charge on any atom is -0.390 e. The van der Waals surface area contributed by atoms with Crippen LogP contribution in [0.1, 0.15) is 31.7 Å². The van der Waals surface area contributed by atoms with E-state index in [1.54, 1.807) is 11.8 Å². The van der Waals surface area contributed by atoms with E-state index < -0.39 is 5.60 Å². The fraction of sp³-hybridized carbons (Fsp3) is 0.533. The average Bonchev–Trinajstić information content (AvgIpc) is 2.58. The summed E-state index contributed by atoms with van der Waals surface area (Å²) in [6.45, 7) is 3.60. The van der Waals surface area contributed by atoms with Crippen LogP contribution in [0.3, 0.4) is 0 Å². The number of rotatable bonds is 3. The van der Waals surface area contributed by atoms with Crippen molar-refractivity contribution in [2.45, 2.75) is 36.7 Å². The van der Waals surface area contributed by atoms with Crippen LogP contribution in [0.2, 0.25) is 0 Å². The molecule has 4 nitrogen and oxygen atoms in total. The van der Waals surface area contributed by atoms with Gasteiger partial charge in [0.05, 0.1) is 11.2 Å². The molecule has 1 unspecified atom stereocenters. The van der Waals surface area contributed by atoms with Crippen LogP contribution in [0.4, 0.5) is 5.69 Å². The van der Waals surface area contributed by atoms with Gasteiger partial charge in [-0.15, -0.1) is 11.8 Å². The lowest BCUT2D eigenvalue weighted by Gasteiger charge is -2.27. The molecule has 0 amide bonds. The van der Waals surface area contributed by atoms with E-state index in [0.29, 0.717) is 0 Å². The first-order valence-electron chi connectivity index (χ1n) is 6.93. The van der Waals surface area contributed by atoms with Crippen molar-refractivity contribution in [3.8, 4) is 0 Å². The van der Waals surface area contributed by atoms with Crippen LogP contribution in [0.15, 0.2) is 23.1 Å². The van der Waals surface area contributed by atoms with E-state index in [2.05, 4.69) is 4.90 Å². The second kappa shape index (κ2) is 6.06. The second-order valence-corrected chi connectivity index (χ2v) is 6.45. The third-order valence-corrected chi connectivity index (χ3v) is 4.68. The standard InChI is InChI=1S/C15H23N3OS/c1-15(19)7-4-9-18(10-8-15)11-5-3-6-12(20-2)13(11)14(16)17/h3,5-6,19H,4,7-10H2,1-2H3,(H3,16,17). The number of amidine groups is 1. The Kier molecular flexibility index (Phi) is 4.60. The number of nitrogens with two attached hydrogens (primary N) is 1. The molecule has 2 rings (SSSR count). The Labute approximate surface area is 124 Å². The zero-order valence-electron chi connectivity index (χ0n) is 12.1. The molecule has 1 heterocycles. The van der Waals surface area contributed by atoms with Gasteiger partial charge in [0.15, 0.2) is 0 Å². The van der Waals surface area contributed by atoms with Gasteiger partial charge >= 0.3 is 0 Å². The Balaban J connectivity index is 2.35. The van der Waals surface area contributed by atoms with E-state index in [0.717, 1.165) is 48.5 Å². The maximum Gasteiger partial charge on any atom is 0.126 e. The summed E-state index contributed by atoms with van der Waals surface area (Å²) in [5.41, 5.74) is 7.04. The molecule has 110 valence electrons. The molecule has 1 aromatic rings. The van der Waals surface area contributed by atoms with Crippen molar-refractivity contribution in [2.24, 2.45) is 5.73 Å². The summed E-state index contributed by atoms with van der Waals surface area (Å²) in [6, 6.07) is 6.03. The van der Waals surface area contributed by atoms with Gasteiger partial charge in [-0.1, -0.05) is 6.07 Å². The molecule has 1 aromatic carbocycles. The van der Waals surface area contributed by atoms with Crippen molar-refractivity contribution in [1.82, 2.24) is 0 Å². The van der Waals surface area contributed by atoms with Gasteiger partial charge in [0.25, 0.3) is 0 Å². The van der Waals surface area contributed by atoms with Crippen LogP contribution in [0.5, 0.6) is 0 Å². The third kappa shape index (κ3) is 3.27. The lowest BCUT2D eigenvalue weighted by atomic mass is 9.98. The highest BCUT2D eigenvalue weighted by atomic mass is 32.2. The predicted molar refractivity (Wildman–Crippen MR) is 85.9 cm³/mol. The minimum atomic E-state index is -0.581. The summed E-state index contributed by atoms with van der Waals surface area (Å²) in [4.78, 5) is 3.28. The van der Waals surface area contributed by atoms with Gasteiger partial charge in [-0.25, -0.2) is 0 Å². The number of nitrogen functional groups attached to an aromatic ring is 1. The Hall–Kier alpha value is -1.20. The second-order valence-electron chi connectivity index (χ2n) is 5.61. The van der Waals surface area contributed by atoms with Crippen LogP contribution in [0.25, 0.3) is 0 Å². The lowest BCUT2D eigenvalue weighted by molar-refractivity contribution is 0.0481. The maximum atomic E-state index is 10.2. The summed E-state index contributed by atoms with van der Waals surface area (Å²) in [5.74, 6) is 0.112. The fourth-order valence-electron chi connectivity index (χ4n) is 2.73. The lowest BCUT2D eigenvalue weighted by Crippen LogP contribution is -2.30. The maximum absolute atomic E-state index is 10.2. The highest BCUT2D eigenvalue weighted by Crippen LogP contribution is 2.32. The van der Waals surface area contributed by atoms with Crippen LogP contribution in [0, 0.1) is 5.41 Å². The van der Waals surface area contributed by atoms with Gasteiger partial charge in [-0.05, 0) is 44.6 Å². The van der Waals surface area contributed by atoms with Crippen molar-refractivity contribution >= 4 is 23.3 Å². The van der Waals surface area contributed by atoms with E-state index in [4.69, 9.17) is 11.1 Å². The van der Waals surface area contributed by atoms with Gasteiger partial charge in [0.1, 0.15) is 5.84 Å². The first-order valence-corrected chi connectivity index (χ1v) is 8.16. The molecular weight excluding hydrogens is 270 g/mol. The first-order chi connectivity index (χ1) is 9.44. The van der Waals surface area contributed by atoms with Crippen molar-refractivity contribution in [3.63, 3.8) is 0 Å². The topological polar surface area (TPSA) is 73.3 Å². The quantitative estimate of drug-likeness (QED) is 0.455. The van der Waals surface area contributed by atoms with E-state index in [-0.39, 0.29) is 5.84 Å². The molecule has 0 aliphatic carbocycles. The van der Waals surface area contributed by atoms with E-state index >= 15 is 0 Å². The van der Waals surface area contributed by atoms with Crippen molar-refractivity contribution in [1.29, 1.82) is 5.41 Å². The number of hydrogen-bond acceptors (Lipinski definition) is 4. The molecule has 0 radical (unpaired) electrons. The van der Waals surface area contributed by atoms with Crippen molar-refractivity contribution in [2.75, 3.05) is 24.2 Å². The molecule has 4 N–H and O–H groups in total. The third-order valence-electron chi connectivity index (χ3n) is 3.90.